The fourth-order valence-electron chi connectivity index (χ4n) is 3.97. The smallest absolute Gasteiger partial charge is 0.479 e. The van der Waals surface area contributed by atoms with Crippen LogP contribution in [0.1, 0.15) is 53.6 Å². The van der Waals surface area contributed by atoms with Gasteiger partial charge in [0.1, 0.15) is 0 Å². The number of Topliss-reactive ketones (excluding diaryl/α,β-unsaturated/α-hetero) is 1. The van der Waals surface area contributed by atoms with Gasteiger partial charge in [-0.1, -0.05) is 18.2 Å². The molecule has 3 rings (SSSR count). The number of fused-ring (bicyclic) bond motifs is 1. The van der Waals surface area contributed by atoms with Gasteiger partial charge in [0.05, 0.1) is 6.54 Å². The number of halogens is 3. The predicted molar refractivity (Wildman–Crippen MR) is 120 cm³/mol. The van der Waals surface area contributed by atoms with Crippen LogP contribution in [0.4, 0.5) is 13.2 Å². The van der Waals surface area contributed by atoms with Crippen molar-refractivity contribution in [2.75, 3.05) is 26.2 Å². The van der Waals surface area contributed by atoms with Crippen molar-refractivity contribution in [1.82, 2.24) is 10.6 Å². The number of nitrogens with one attached hydrogen (secondary N) is 2. The molecule has 0 spiro atoms. The maximum absolute atomic E-state index is 12.6. The number of hydrogen-bond donors (Lipinski definition) is 5. The Morgan fingerprint density at radius 1 is 1.08 bits per heavy atom. The molecule has 1 aliphatic heterocycles. The average molecular weight is 548 g/mol. The van der Waals surface area contributed by atoms with Gasteiger partial charge in [-0.3, -0.25) is 9.59 Å². The Bertz CT molecular complexity index is 1060. The number of aliphatic carboxylic acids is 3. The quantitative estimate of drug-likeness (QED) is 0.144. The molecule has 210 valence electrons. The van der Waals surface area contributed by atoms with Crippen molar-refractivity contribution >= 4 is 29.6 Å². The summed E-state index contributed by atoms with van der Waals surface area (Å²) in [6.45, 7) is 0.902. The van der Waals surface area contributed by atoms with Crippen LogP contribution in [0.3, 0.4) is 0 Å². The van der Waals surface area contributed by atoms with Crippen molar-refractivity contribution in [3.63, 3.8) is 0 Å². The Kier molecular flexibility index (Phi) is 10.7. The van der Waals surface area contributed by atoms with Gasteiger partial charge in [-0.2, -0.15) is 13.2 Å². The minimum atomic E-state index is -5.08. The number of carbonyl (C=O) groups is 5. The monoisotopic (exact) mass is 548 g/mol. The van der Waals surface area contributed by atoms with E-state index in [4.69, 9.17) is 19.9 Å². The van der Waals surface area contributed by atoms with E-state index >= 15 is 0 Å². The third-order valence-corrected chi connectivity index (χ3v) is 5.86. The number of benzene rings is 1. The summed E-state index contributed by atoms with van der Waals surface area (Å²) in [6, 6.07) is 4.40. The standard InChI is InChI=1S/C21H26N2O8.C2HF3O2/c24-16(11-23-17(25)6-1-3-13-7-9-22-10-8-13)14-4-2-5-15-19(14)21(15,20(28)29)31-30-12-18(26)27;3-2(4,5)1(6)7/h2,4-5,13,22H,1,3,6-12H2,(H,23,25)(H,26,27)(H,28,29);(H,6,7). The highest BCUT2D eigenvalue weighted by Crippen LogP contribution is 2.53. The summed E-state index contributed by atoms with van der Waals surface area (Å²) in [5.74, 6) is -5.58. The lowest BCUT2D eigenvalue weighted by molar-refractivity contribution is -0.333. The molecule has 0 radical (unpaired) electrons. The largest absolute Gasteiger partial charge is 0.490 e. The Balaban J connectivity index is 0.000000638. The minimum Gasteiger partial charge on any atom is -0.479 e. The number of rotatable bonds is 12. The van der Waals surface area contributed by atoms with Crippen molar-refractivity contribution in [2.45, 2.75) is 43.9 Å². The lowest BCUT2D eigenvalue weighted by Gasteiger charge is -2.22. The van der Waals surface area contributed by atoms with E-state index in [1.807, 2.05) is 0 Å². The van der Waals surface area contributed by atoms with Crippen molar-refractivity contribution in [3.05, 3.63) is 34.9 Å². The molecule has 1 aromatic rings. The molecule has 1 heterocycles. The molecular weight excluding hydrogens is 521 g/mol. The van der Waals surface area contributed by atoms with Crippen molar-refractivity contribution < 1.29 is 62.2 Å². The van der Waals surface area contributed by atoms with Crippen LogP contribution in [0.25, 0.3) is 0 Å². The second-order valence-electron chi connectivity index (χ2n) is 8.54. The third kappa shape index (κ3) is 8.22. The van der Waals surface area contributed by atoms with Gasteiger partial charge in [0, 0.05) is 23.1 Å². The molecule has 1 aliphatic carbocycles. The zero-order chi connectivity index (χ0) is 28.5. The summed E-state index contributed by atoms with van der Waals surface area (Å²) in [6.07, 6.45) is -0.798. The van der Waals surface area contributed by atoms with Crippen LogP contribution in [0.2, 0.25) is 0 Å². The Morgan fingerprint density at radius 3 is 2.26 bits per heavy atom. The van der Waals surface area contributed by atoms with E-state index in [-0.39, 0.29) is 29.1 Å². The molecule has 1 atom stereocenters. The summed E-state index contributed by atoms with van der Waals surface area (Å²) < 4.78 is 31.7. The summed E-state index contributed by atoms with van der Waals surface area (Å²) in [5, 5.41) is 31.2. The number of carbonyl (C=O) groups excluding carboxylic acids is 2. The highest BCUT2D eigenvalue weighted by atomic mass is 19.4. The first-order valence-corrected chi connectivity index (χ1v) is 11.5. The molecule has 0 saturated carbocycles. The van der Waals surface area contributed by atoms with Crippen LogP contribution in [0.15, 0.2) is 18.2 Å². The molecule has 2 aliphatic rings. The second kappa shape index (κ2) is 13.3. The van der Waals surface area contributed by atoms with Crippen LogP contribution in [-0.2, 0) is 34.6 Å². The number of alkyl halides is 3. The van der Waals surface area contributed by atoms with Crippen molar-refractivity contribution in [3.8, 4) is 0 Å². The van der Waals surface area contributed by atoms with E-state index < -0.39 is 42.1 Å². The van der Waals surface area contributed by atoms with Gasteiger partial charge in [-0.15, -0.1) is 0 Å². The Labute approximate surface area is 214 Å². The number of piperidine rings is 1. The lowest BCUT2D eigenvalue weighted by atomic mass is 9.92. The highest BCUT2D eigenvalue weighted by molar-refractivity contribution is 6.07. The van der Waals surface area contributed by atoms with E-state index in [0.717, 1.165) is 38.8 Å². The van der Waals surface area contributed by atoms with Gasteiger partial charge in [-0.05, 0) is 44.7 Å². The summed E-state index contributed by atoms with van der Waals surface area (Å²) in [5.41, 5.74) is -1.60. The lowest BCUT2D eigenvalue weighted by Crippen LogP contribution is -2.31. The average Bonchev–Trinajstić information content (AvgIpc) is 3.52. The van der Waals surface area contributed by atoms with Gasteiger partial charge >= 0.3 is 24.1 Å². The van der Waals surface area contributed by atoms with Gasteiger partial charge < -0.3 is 26.0 Å². The van der Waals surface area contributed by atoms with Crippen molar-refractivity contribution in [1.29, 1.82) is 0 Å². The first-order valence-electron chi connectivity index (χ1n) is 11.5. The highest BCUT2D eigenvalue weighted by Gasteiger charge is 2.63. The molecule has 15 heteroatoms. The van der Waals surface area contributed by atoms with Gasteiger partial charge in [0.25, 0.3) is 5.60 Å². The summed E-state index contributed by atoms with van der Waals surface area (Å²) in [7, 11) is 0. The minimum absolute atomic E-state index is 0.0915. The molecule has 38 heavy (non-hydrogen) atoms. The zero-order valence-electron chi connectivity index (χ0n) is 20.0. The molecule has 5 N–H and O–H groups in total. The fourth-order valence-corrected chi connectivity index (χ4v) is 3.97. The molecular formula is C23H27F3N2O10. The molecule has 0 bridgehead atoms. The molecule has 1 fully saturated rings. The molecule has 1 amide bonds. The third-order valence-electron chi connectivity index (χ3n) is 5.86. The number of carboxylic acid groups (broad SMARTS) is 3. The van der Waals surface area contributed by atoms with E-state index in [2.05, 4.69) is 15.5 Å². The second-order valence-corrected chi connectivity index (χ2v) is 8.54. The van der Waals surface area contributed by atoms with Gasteiger partial charge in [-0.25, -0.2) is 24.2 Å². The molecule has 1 unspecified atom stereocenters. The topological polar surface area (TPSA) is 189 Å². The molecule has 12 nitrogen and oxygen atoms in total. The summed E-state index contributed by atoms with van der Waals surface area (Å²) in [4.78, 5) is 65.4. The van der Waals surface area contributed by atoms with E-state index in [9.17, 15) is 37.5 Å². The maximum atomic E-state index is 12.6. The molecule has 1 aromatic carbocycles. The first kappa shape index (κ1) is 30.7. The van der Waals surface area contributed by atoms with E-state index in [1.54, 1.807) is 0 Å². The number of carboxylic acids is 3. The normalized spacial score (nSPS) is 18.4. The van der Waals surface area contributed by atoms with Crippen LogP contribution < -0.4 is 10.6 Å². The van der Waals surface area contributed by atoms with E-state index in [0.29, 0.717) is 12.3 Å². The van der Waals surface area contributed by atoms with Gasteiger partial charge in [0.15, 0.2) is 12.4 Å². The molecule has 1 saturated heterocycles. The maximum Gasteiger partial charge on any atom is 0.490 e. The number of hydrogen-bond acceptors (Lipinski definition) is 8. The fraction of sp³-hybridized carbons (Fsp3) is 0.522. The number of amides is 1. The molecule has 0 aromatic heterocycles. The SMILES string of the molecule is O=C(O)C(F)(F)F.O=C(O)COOC1(C(=O)O)c2cccc(C(=O)CNC(=O)CCCC3CCNCC3)c21. The van der Waals surface area contributed by atoms with Crippen LogP contribution in [0, 0.1) is 5.92 Å². The van der Waals surface area contributed by atoms with Crippen LogP contribution >= 0.6 is 0 Å². The zero-order valence-corrected chi connectivity index (χ0v) is 20.0. The first-order chi connectivity index (χ1) is 17.8. The predicted octanol–water partition coefficient (Wildman–Crippen LogP) is 1.46. The van der Waals surface area contributed by atoms with Crippen LogP contribution in [0.5, 0.6) is 0 Å². The van der Waals surface area contributed by atoms with Gasteiger partial charge in [0.2, 0.25) is 5.91 Å². The number of ketones is 1. The van der Waals surface area contributed by atoms with E-state index in [1.165, 1.54) is 18.2 Å². The Hall–Kier alpha value is -3.56. The van der Waals surface area contributed by atoms with Crippen LogP contribution in [-0.4, -0.2) is 77.3 Å². The summed E-state index contributed by atoms with van der Waals surface area (Å²) >= 11 is 0. The van der Waals surface area contributed by atoms with Crippen molar-refractivity contribution in [2.24, 2.45) is 5.92 Å². The Morgan fingerprint density at radius 2 is 1.71 bits per heavy atom.